The van der Waals surface area contributed by atoms with Crippen molar-refractivity contribution in [2.24, 2.45) is 0 Å². The van der Waals surface area contributed by atoms with E-state index in [4.69, 9.17) is 10.5 Å². The van der Waals surface area contributed by atoms with E-state index >= 15 is 0 Å². The van der Waals surface area contributed by atoms with Crippen molar-refractivity contribution in [2.45, 2.75) is 0 Å². The van der Waals surface area contributed by atoms with Crippen LogP contribution in [0.15, 0.2) is 42.5 Å². The van der Waals surface area contributed by atoms with Gasteiger partial charge in [-0.3, -0.25) is 0 Å². The van der Waals surface area contributed by atoms with Crippen LogP contribution in [0, 0.1) is 6.07 Å². The van der Waals surface area contributed by atoms with Gasteiger partial charge in [-0.05, 0) is 29.8 Å². The molecule has 0 unspecified atom stereocenters. The second kappa shape index (κ2) is 4.05. The van der Waals surface area contributed by atoms with Gasteiger partial charge in [0.1, 0.15) is 5.75 Å². The van der Waals surface area contributed by atoms with Crippen LogP contribution in [0.2, 0.25) is 0 Å². The molecule has 2 aromatic carbocycles. The Morgan fingerprint density at radius 1 is 1.27 bits per heavy atom. The largest absolute Gasteiger partial charge is 0.496 e. The Hall–Kier alpha value is -1.96. The lowest BCUT2D eigenvalue weighted by atomic mass is 10.0. The Kier molecular flexibility index (Phi) is 2.59. The number of hydrogen-bond donors (Lipinski definition) is 1. The second-order valence-corrected chi connectivity index (χ2v) is 3.25. The highest BCUT2D eigenvalue weighted by Crippen LogP contribution is 2.29. The Morgan fingerprint density at radius 3 is 2.87 bits per heavy atom. The van der Waals surface area contributed by atoms with Crippen molar-refractivity contribution < 1.29 is 4.74 Å². The van der Waals surface area contributed by atoms with Gasteiger partial charge in [0.25, 0.3) is 0 Å². The van der Waals surface area contributed by atoms with Crippen LogP contribution in [0.3, 0.4) is 0 Å². The zero-order valence-electron chi connectivity index (χ0n) is 8.53. The number of benzene rings is 2. The van der Waals surface area contributed by atoms with Crippen LogP contribution >= 0.6 is 0 Å². The van der Waals surface area contributed by atoms with Crippen LogP contribution in [0.25, 0.3) is 11.1 Å². The first-order valence-corrected chi connectivity index (χ1v) is 4.71. The molecular formula is C13H12NO. The van der Waals surface area contributed by atoms with Crippen molar-refractivity contribution in [3.63, 3.8) is 0 Å². The summed E-state index contributed by atoms with van der Waals surface area (Å²) in [6, 6.07) is 16.4. The van der Waals surface area contributed by atoms with Gasteiger partial charge in [-0.25, -0.2) is 0 Å². The van der Waals surface area contributed by atoms with Crippen LogP contribution in [0.5, 0.6) is 5.75 Å². The summed E-state index contributed by atoms with van der Waals surface area (Å²) >= 11 is 0. The van der Waals surface area contributed by atoms with Crippen molar-refractivity contribution in [3.05, 3.63) is 48.5 Å². The molecule has 0 aliphatic rings. The molecule has 2 heteroatoms. The summed E-state index contributed by atoms with van der Waals surface area (Å²) < 4.78 is 5.27. The van der Waals surface area contributed by atoms with E-state index in [-0.39, 0.29) is 0 Å². The van der Waals surface area contributed by atoms with E-state index in [2.05, 4.69) is 6.07 Å². The molecular weight excluding hydrogens is 186 g/mol. The predicted octanol–water partition coefficient (Wildman–Crippen LogP) is 2.74. The average molecular weight is 198 g/mol. The monoisotopic (exact) mass is 198 g/mol. The Balaban J connectivity index is 2.53. The lowest BCUT2D eigenvalue weighted by Crippen LogP contribution is -1.89. The van der Waals surface area contributed by atoms with E-state index in [0.29, 0.717) is 0 Å². The van der Waals surface area contributed by atoms with Crippen LogP contribution in [0.4, 0.5) is 5.69 Å². The summed E-state index contributed by atoms with van der Waals surface area (Å²) in [5, 5.41) is 0. The molecule has 0 heterocycles. The molecule has 1 radical (unpaired) electrons. The highest BCUT2D eigenvalue weighted by atomic mass is 16.5. The van der Waals surface area contributed by atoms with Crippen molar-refractivity contribution in [1.82, 2.24) is 0 Å². The quantitative estimate of drug-likeness (QED) is 0.753. The Morgan fingerprint density at radius 2 is 2.13 bits per heavy atom. The molecule has 0 saturated heterocycles. The molecule has 2 nitrogen and oxygen atoms in total. The molecule has 0 saturated carbocycles. The number of nitrogens with two attached hydrogens (primary N) is 1. The molecule has 0 spiro atoms. The molecule has 2 rings (SSSR count). The van der Waals surface area contributed by atoms with Gasteiger partial charge in [0.2, 0.25) is 0 Å². The highest BCUT2D eigenvalue weighted by Gasteiger charge is 2.04. The van der Waals surface area contributed by atoms with E-state index in [1.165, 1.54) is 0 Å². The average Bonchev–Trinajstić information content (AvgIpc) is 2.29. The van der Waals surface area contributed by atoms with Gasteiger partial charge >= 0.3 is 0 Å². The SMILES string of the molecule is COc1c[c]ccc1-c1cccc(N)c1. The van der Waals surface area contributed by atoms with Gasteiger partial charge in [0.15, 0.2) is 0 Å². The summed E-state index contributed by atoms with van der Waals surface area (Å²) in [4.78, 5) is 0. The van der Waals surface area contributed by atoms with Gasteiger partial charge < -0.3 is 10.5 Å². The fraction of sp³-hybridized carbons (Fsp3) is 0.0769. The lowest BCUT2D eigenvalue weighted by molar-refractivity contribution is 0.416. The molecule has 15 heavy (non-hydrogen) atoms. The molecule has 0 aromatic heterocycles. The van der Waals surface area contributed by atoms with Gasteiger partial charge in [0.05, 0.1) is 7.11 Å². The summed E-state index contributed by atoms with van der Waals surface area (Å²) in [5.41, 5.74) is 8.58. The number of nitrogen functional groups attached to an aromatic ring is 1. The van der Waals surface area contributed by atoms with Crippen LogP contribution in [-0.4, -0.2) is 7.11 Å². The molecule has 75 valence electrons. The topological polar surface area (TPSA) is 35.2 Å². The summed E-state index contributed by atoms with van der Waals surface area (Å²) in [7, 11) is 1.65. The van der Waals surface area contributed by atoms with E-state index in [1.54, 1.807) is 7.11 Å². The molecule has 0 fully saturated rings. The van der Waals surface area contributed by atoms with E-state index in [1.807, 2.05) is 42.5 Å². The van der Waals surface area contributed by atoms with E-state index in [0.717, 1.165) is 22.6 Å². The smallest absolute Gasteiger partial charge is 0.127 e. The maximum Gasteiger partial charge on any atom is 0.127 e. The van der Waals surface area contributed by atoms with Crippen LogP contribution < -0.4 is 10.5 Å². The molecule has 2 aromatic rings. The maximum atomic E-state index is 5.74. The minimum atomic E-state index is 0.752. The molecule has 0 bridgehead atoms. The molecule has 0 aliphatic heterocycles. The van der Waals surface area contributed by atoms with Gasteiger partial charge in [0, 0.05) is 11.3 Å². The van der Waals surface area contributed by atoms with Gasteiger partial charge in [-0.2, -0.15) is 0 Å². The van der Waals surface area contributed by atoms with E-state index in [9.17, 15) is 0 Å². The predicted molar refractivity (Wildman–Crippen MR) is 61.7 cm³/mol. The van der Waals surface area contributed by atoms with Crippen LogP contribution in [-0.2, 0) is 0 Å². The first-order valence-electron chi connectivity index (χ1n) is 4.71. The fourth-order valence-corrected chi connectivity index (χ4v) is 1.53. The van der Waals surface area contributed by atoms with Gasteiger partial charge in [-0.1, -0.05) is 24.3 Å². The second-order valence-electron chi connectivity index (χ2n) is 3.25. The number of methoxy groups -OCH3 is 1. The Bertz CT molecular complexity index is 466. The number of rotatable bonds is 2. The standard InChI is InChI=1S/C13H12NO/c1-15-13-8-3-2-7-12(13)10-5-4-6-11(14)9-10/h2,4-9H,14H2,1H3. The van der Waals surface area contributed by atoms with Gasteiger partial charge in [-0.15, -0.1) is 0 Å². The van der Waals surface area contributed by atoms with Crippen molar-refractivity contribution >= 4 is 5.69 Å². The van der Waals surface area contributed by atoms with Crippen molar-refractivity contribution in [3.8, 4) is 16.9 Å². The third-order valence-electron chi connectivity index (χ3n) is 2.24. The zero-order chi connectivity index (χ0) is 10.7. The molecule has 2 N–H and O–H groups in total. The molecule has 0 amide bonds. The fourth-order valence-electron chi connectivity index (χ4n) is 1.53. The lowest BCUT2D eigenvalue weighted by Gasteiger charge is -2.08. The minimum absolute atomic E-state index is 0.752. The number of ether oxygens (including phenoxy) is 1. The number of hydrogen-bond acceptors (Lipinski definition) is 2. The summed E-state index contributed by atoms with van der Waals surface area (Å²) in [6.07, 6.45) is 0. The third kappa shape index (κ3) is 1.94. The minimum Gasteiger partial charge on any atom is -0.496 e. The van der Waals surface area contributed by atoms with Crippen molar-refractivity contribution in [2.75, 3.05) is 12.8 Å². The highest BCUT2D eigenvalue weighted by molar-refractivity contribution is 5.72. The number of anilines is 1. The first kappa shape index (κ1) is 9.59. The van der Waals surface area contributed by atoms with Crippen LogP contribution in [0.1, 0.15) is 0 Å². The van der Waals surface area contributed by atoms with Crippen molar-refractivity contribution in [1.29, 1.82) is 0 Å². The summed E-state index contributed by atoms with van der Waals surface area (Å²) in [5.74, 6) is 0.808. The molecule has 0 aliphatic carbocycles. The Labute approximate surface area is 89.3 Å². The maximum absolute atomic E-state index is 5.74. The van der Waals surface area contributed by atoms with E-state index < -0.39 is 0 Å². The zero-order valence-corrected chi connectivity index (χ0v) is 8.53. The summed E-state index contributed by atoms with van der Waals surface area (Å²) in [6.45, 7) is 0. The normalized spacial score (nSPS) is 9.93. The molecule has 0 atom stereocenters. The third-order valence-corrected chi connectivity index (χ3v) is 2.24. The first-order chi connectivity index (χ1) is 7.31.